The predicted molar refractivity (Wildman–Crippen MR) is 107 cm³/mol. The van der Waals surface area contributed by atoms with Gasteiger partial charge < -0.3 is 19.3 Å². The summed E-state index contributed by atoms with van der Waals surface area (Å²) in [4.78, 5) is 27.2. The zero-order chi connectivity index (χ0) is 21.1. The Morgan fingerprint density at radius 2 is 1.37 bits per heavy atom. The van der Waals surface area contributed by atoms with Gasteiger partial charge in [0.2, 0.25) is 0 Å². The summed E-state index contributed by atoms with van der Waals surface area (Å²) in [5, 5.41) is 0. The third-order valence-corrected chi connectivity index (χ3v) is 4.65. The highest BCUT2D eigenvalue weighted by atomic mass is 16.6. The van der Waals surface area contributed by atoms with Gasteiger partial charge in [0.1, 0.15) is 11.4 Å². The van der Waals surface area contributed by atoms with E-state index in [0.29, 0.717) is 6.54 Å². The summed E-state index contributed by atoms with van der Waals surface area (Å²) >= 11 is 0. The minimum Gasteiger partial charge on any atom is -0.483 e. The Hall–Kier alpha value is -2.24. The molecule has 1 aromatic carbocycles. The molecule has 0 bridgehead atoms. The zero-order valence-corrected chi connectivity index (χ0v) is 18.4. The molecule has 0 radical (unpaired) electrons. The van der Waals surface area contributed by atoms with E-state index in [2.05, 4.69) is 0 Å². The first kappa shape index (κ1) is 22.8. The molecule has 6 nitrogen and oxygen atoms in total. The number of nitrogens with zero attached hydrogens (tertiary/aromatic N) is 2. The van der Waals surface area contributed by atoms with Gasteiger partial charge in [-0.05, 0) is 76.3 Å². The lowest BCUT2D eigenvalue weighted by Crippen LogP contribution is -2.34. The van der Waals surface area contributed by atoms with Crippen LogP contribution in [0, 0.1) is 27.7 Å². The quantitative estimate of drug-likeness (QED) is 0.783. The summed E-state index contributed by atoms with van der Waals surface area (Å²) in [6.45, 7) is 14.0. The van der Waals surface area contributed by atoms with Crippen molar-refractivity contribution >= 4 is 12.0 Å². The number of benzene rings is 1. The number of amides is 2. The van der Waals surface area contributed by atoms with Crippen LogP contribution in [0.25, 0.3) is 0 Å². The van der Waals surface area contributed by atoms with Crippen molar-refractivity contribution in [2.45, 2.75) is 60.6 Å². The van der Waals surface area contributed by atoms with Crippen molar-refractivity contribution in [2.75, 3.05) is 27.7 Å². The van der Waals surface area contributed by atoms with Gasteiger partial charge in [0.25, 0.3) is 5.91 Å². The smallest absolute Gasteiger partial charge is 0.410 e. The summed E-state index contributed by atoms with van der Waals surface area (Å²) in [6, 6.07) is 0. The summed E-state index contributed by atoms with van der Waals surface area (Å²) in [6.07, 6.45) is -0.353. The lowest BCUT2D eigenvalue weighted by molar-refractivity contribution is -0.130. The number of rotatable bonds is 5. The van der Waals surface area contributed by atoms with Crippen molar-refractivity contribution in [1.82, 2.24) is 9.80 Å². The molecule has 0 spiro atoms. The summed E-state index contributed by atoms with van der Waals surface area (Å²) in [5.74, 6) is 0.654. The number of ether oxygens (including phenoxy) is 2. The molecule has 6 heteroatoms. The van der Waals surface area contributed by atoms with Crippen LogP contribution in [0.1, 0.15) is 48.6 Å². The molecule has 0 aliphatic heterocycles. The van der Waals surface area contributed by atoms with E-state index in [4.69, 9.17) is 9.47 Å². The molecule has 0 aliphatic rings. The first-order valence-electron chi connectivity index (χ1n) is 9.12. The van der Waals surface area contributed by atoms with Gasteiger partial charge in [-0.15, -0.1) is 0 Å². The highest BCUT2D eigenvalue weighted by molar-refractivity contribution is 5.77. The van der Waals surface area contributed by atoms with Crippen LogP contribution >= 0.6 is 0 Å². The van der Waals surface area contributed by atoms with Gasteiger partial charge in [0, 0.05) is 27.7 Å². The average molecular weight is 379 g/mol. The molecule has 0 atom stereocenters. The van der Waals surface area contributed by atoms with Gasteiger partial charge in [-0.1, -0.05) is 0 Å². The second-order valence-corrected chi connectivity index (χ2v) is 8.22. The molecule has 27 heavy (non-hydrogen) atoms. The van der Waals surface area contributed by atoms with Crippen molar-refractivity contribution in [1.29, 1.82) is 0 Å². The van der Waals surface area contributed by atoms with Crippen LogP contribution in [0.3, 0.4) is 0 Å². The van der Waals surface area contributed by atoms with Crippen LogP contribution in [-0.4, -0.2) is 55.2 Å². The maximum Gasteiger partial charge on any atom is 0.410 e. The molecule has 2 amide bonds. The van der Waals surface area contributed by atoms with Crippen LogP contribution in [0.15, 0.2) is 0 Å². The van der Waals surface area contributed by atoms with Gasteiger partial charge >= 0.3 is 6.09 Å². The molecule has 0 aromatic heterocycles. The minimum absolute atomic E-state index is 0.00468. The molecular weight excluding hydrogens is 344 g/mol. The number of carbonyl (C=O) groups is 2. The fraction of sp³-hybridized carbons (Fsp3) is 0.619. The van der Waals surface area contributed by atoms with E-state index in [9.17, 15) is 9.59 Å². The molecule has 1 rings (SSSR count). The number of hydrogen-bond acceptors (Lipinski definition) is 4. The minimum atomic E-state index is -0.530. The third kappa shape index (κ3) is 5.88. The van der Waals surface area contributed by atoms with Crippen molar-refractivity contribution < 1.29 is 19.1 Å². The van der Waals surface area contributed by atoms with Crippen LogP contribution < -0.4 is 4.74 Å². The van der Waals surface area contributed by atoms with Crippen molar-refractivity contribution in [3.05, 3.63) is 27.8 Å². The number of carbonyl (C=O) groups excluding carboxylic acids is 2. The standard InChI is InChI=1S/C21H34N2O4/c1-13-15(3)19(26-12-18(24)22(8)9)16(4)14(2)17(13)11-23(10)20(25)27-21(5,6)7/h11-12H2,1-10H3. The van der Waals surface area contributed by atoms with Gasteiger partial charge in [-0.25, -0.2) is 4.79 Å². The molecule has 0 unspecified atom stereocenters. The first-order valence-corrected chi connectivity index (χ1v) is 9.12. The van der Waals surface area contributed by atoms with Crippen molar-refractivity contribution in [3.63, 3.8) is 0 Å². The highest BCUT2D eigenvalue weighted by Crippen LogP contribution is 2.33. The van der Waals surface area contributed by atoms with Gasteiger partial charge in [0.05, 0.1) is 0 Å². The maximum atomic E-state index is 12.3. The van der Waals surface area contributed by atoms with Crippen molar-refractivity contribution in [2.24, 2.45) is 0 Å². The van der Waals surface area contributed by atoms with E-state index in [-0.39, 0.29) is 18.6 Å². The van der Waals surface area contributed by atoms with Crippen LogP contribution in [0.2, 0.25) is 0 Å². The molecule has 152 valence electrons. The van der Waals surface area contributed by atoms with E-state index in [1.165, 1.54) is 4.90 Å². The lowest BCUT2D eigenvalue weighted by Gasteiger charge is -2.27. The normalized spacial score (nSPS) is 11.2. The van der Waals surface area contributed by atoms with Gasteiger partial charge in [-0.3, -0.25) is 4.79 Å². The fourth-order valence-corrected chi connectivity index (χ4v) is 2.71. The largest absolute Gasteiger partial charge is 0.483 e. The monoisotopic (exact) mass is 378 g/mol. The van der Waals surface area contributed by atoms with E-state index in [1.807, 2.05) is 48.5 Å². The van der Waals surface area contributed by atoms with Crippen LogP contribution in [0.4, 0.5) is 4.79 Å². The first-order chi connectivity index (χ1) is 12.3. The van der Waals surface area contributed by atoms with E-state index in [1.54, 1.807) is 26.0 Å². The lowest BCUT2D eigenvalue weighted by atomic mass is 9.92. The summed E-state index contributed by atoms with van der Waals surface area (Å²) in [7, 11) is 5.15. The Morgan fingerprint density at radius 1 is 0.889 bits per heavy atom. The predicted octanol–water partition coefficient (Wildman–Crippen LogP) is 3.75. The molecule has 0 heterocycles. The topological polar surface area (TPSA) is 59.1 Å². The fourth-order valence-electron chi connectivity index (χ4n) is 2.71. The molecule has 0 saturated carbocycles. The Kier molecular flexibility index (Phi) is 7.29. The molecule has 0 fully saturated rings. The van der Waals surface area contributed by atoms with E-state index >= 15 is 0 Å². The zero-order valence-electron chi connectivity index (χ0n) is 18.4. The van der Waals surface area contributed by atoms with E-state index < -0.39 is 5.60 Å². The number of hydrogen-bond donors (Lipinski definition) is 0. The van der Waals surface area contributed by atoms with E-state index in [0.717, 1.165) is 33.6 Å². The Labute approximate surface area is 163 Å². The number of likely N-dealkylation sites (N-methyl/N-ethyl adjacent to an activating group) is 1. The third-order valence-electron chi connectivity index (χ3n) is 4.65. The van der Waals surface area contributed by atoms with Gasteiger partial charge in [0.15, 0.2) is 6.61 Å². The van der Waals surface area contributed by atoms with Crippen LogP contribution in [-0.2, 0) is 16.1 Å². The van der Waals surface area contributed by atoms with Crippen molar-refractivity contribution in [3.8, 4) is 5.75 Å². The maximum absolute atomic E-state index is 12.3. The highest BCUT2D eigenvalue weighted by Gasteiger charge is 2.23. The molecule has 0 aliphatic carbocycles. The summed E-state index contributed by atoms with van der Waals surface area (Å²) in [5.41, 5.74) is 4.62. The Balaban J connectivity index is 3.11. The molecule has 0 saturated heterocycles. The molecule has 0 N–H and O–H groups in total. The van der Waals surface area contributed by atoms with Gasteiger partial charge in [-0.2, -0.15) is 0 Å². The Bertz CT molecular complexity index is 689. The molecule has 1 aromatic rings. The molecular formula is C21H34N2O4. The SMILES string of the molecule is Cc1c(C)c(OCC(=O)N(C)C)c(C)c(C)c1CN(C)C(=O)OC(C)(C)C. The Morgan fingerprint density at radius 3 is 1.78 bits per heavy atom. The van der Waals surface area contributed by atoms with Crippen LogP contribution in [0.5, 0.6) is 5.75 Å². The second-order valence-electron chi connectivity index (χ2n) is 8.22. The summed E-state index contributed by atoms with van der Waals surface area (Å²) < 4.78 is 11.3. The second kappa shape index (κ2) is 8.63. The average Bonchev–Trinajstić information content (AvgIpc) is 2.54.